The molecule has 0 unspecified atom stereocenters. The van der Waals surface area contributed by atoms with Crippen molar-refractivity contribution in [2.24, 2.45) is 5.73 Å². The molecule has 1 heterocycles. The van der Waals surface area contributed by atoms with Crippen molar-refractivity contribution < 1.29 is 9.59 Å². The van der Waals surface area contributed by atoms with Crippen molar-refractivity contribution in [2.75, 3.05) is 13.6 Å². The summed E-state index contributed by atoms with van der Waals surface area (Å²) in [5.41, 5.74) is 8.52. The molecule has 1 fully saturated rings. The molecule has 2 aliphatic rings. The maximum Gasteiger partial charge on any atom is 0.244 e. The molecule has 1 atom stereocenters. The fraction of sp³-hybridized carbons (Fsp3) is 0.391. The van der Waals surface area contributed by atoms with E-state index in [4.69, 9.17) is 5.73 Å². The van der Waals surface area contributed by atoms with E-state index in [0.29, 0.717) is 32.4 Å². The zero-order chi connectivity index (χ0) is 19.7. The Bertz CT molecular complexity index is 855. The van der Waals surface area contributed by atoms with E-state index < -0.39 is 17.5 Å². The third-order valence-electron chi connectivity index (χ3n) is 6.32. The molecule has 0 radical (unpaired) electrons. The number of likely N-dealkylation sites (N-methyl/N-ethyl adjacent to an activating group) is 1. The third kappa shape index (κ3) is 3.20. The minimum Gasteiger partial charge on any atom is -0.368 e. The van der Waals surface area contributed by atoms with E-state index in [2.05, 4.69) is 29.2 Å². The van der Waals surface area contributed by atoms with Gasteiger partial charge >= 0.3 is 0 Å². The van der Waals surface area contributed by atoms with Crippen LogP contribution in [0, 0.1) is 0 Å². The van der Waals surface area contributed by atoms with Gasteiger partial charge in [-0.15, -0.1) is 0 Å². The lowest BCUT2D eigenvalue weighted by Gasteiger charge is -2.41. The number of primary amides is 1. The summed E-state index contributed by atoms with van der Waals surface area (Å²) in [4.78, 5) is 29.7. The van der Waals surface area contributed by atoms with Crippen LogP contribution in [-0.2, 0) is 29.0 Å². The molecule has 146 valence electrons. The fourth-order valence-electron chi connectivity index (χ4n) is 4.76. The number of fused-ring (bicyclic) bond motifs is 1. The average molecular weight is 377 g/mol. The predicted molar refractivity (Wildman–Crippen MR) is 108 cm³/mol. The first-order chi connectivity index (χ1) is 13.5. The van der Waals surface area contributed by atoms with Gasteiger partial charge in [-0.25, -0.2) is 0 Å². The van der Waals surface area contributed by atoms with Gasteiger partial charge in [0.05, 0.1) is 0 Å². The maximum absolute atomic E-state index is 13.9. The number of nitrogens with zero attached hydrogens (tertiary/aromatic N) is 2. The van der Waals surface area contributed by atoms with Gasteiger partial charge in [-0.2, -0.15) is 0 Å². The van der Waals surface area contributed by atoms with E-state index in [1.165, 1.54) is 16.7 Å². The summed E-state index contributed by atoms with van der Waals surface area (Å²) in [6.07, 6.45) is 2.80. The van der Waals surface area contributed by atoms with Crippen LogP contribution in [-0.4, -0.2) is 46.8 Å². The standard InChI is InChI=1S/C23H27N3O2/c1-25(16-17-8-3-2-4-9-17)23(14-18-10-5-6-11-19(18)15-23)22(28)26-13-7-12-20(26)21(24)27/h2-6,8-11,20H,7,12-16H2,1H3,(H2,24,27)/t20-/m0/s1. The number of amides is 2. The lowest BCUT2D eigenvalue weighted by atomic mass is 9.90. The minimum atomic E-state index is -0.683. The highest BCUT2D eigenvalue weighted by molar-refractivity contribution is 5.93. The monoisotopic (exact) mass is 377 g/mol. The molecule has 5 nitrogen and oxygen atoms in total. The van der Waals surface area contributed by atoms with Gasteiger partial charge < -0.3 is 10.6 Å². The van der Waals surface area contributed by atoms with Crippen LogP contribution in [0.2, 0.25) is 0 Å². The highest BCUT2D eigenvalue weighted by atomic mass is 16.2. The molecule has 1 aliphatic carbocycles. The average Bonchev–Trinajstić information content (AvgIpc) is 3.33. The van der Waals surface area contributed by atoms with Crippen molar-refractivity contribution in [3.8, 4) is 0 Å². The number of hydrogen-bond donors (Lipinski definition) is 1. The Morgan fingerprint density at radius 1 is 1.07 bits per heavy atom. The van der Waals surface area contributed by atoms with E-state index in [1.807, 2.05) is 37.4 Å². The topological polar surface area (TPSA) is 66.6 Å². The predicted octanol–water partition coefficient (Wildman–Crippen LogP) is 2.13. The van der Waals surface area contributed by atoms with Gasteiger partial charge in [0.15, 0.2) is 0 Å². The van der Waals surface area contributed by atoms with Gasteiger partial charge in [0.25, 0.3) is 0 Å². The Labute approximate surface area is 166 Å². The Morgan fingerprint density at radius 3 is 2.29 bits per heavy atom. The molecule has 0 spiro atoms. The Balaban J connectivity index is 1.68. The summed E-state index contributed by atoms with van der Waals surface area (Å²) in [5, 5.41) is 0. The van der Waals surface area contributed by atoms with E-state index in [-0.39, 0.29) is 5.91 Å². The van der Waals surface area contributed by atoms with E-state index >= 15 is 0 Å². The minimum absolute atomic E-state index is 0.0310. The molecule has 28 heavy (non-hydrogen) atoms. The zero-order valence-corrected chi connectivity index (χ0v) is 16.3. The number of likely N-dealkylation sites (tertiary alicyclic amines) is 1. The number of hydrogen-bond acceptors (Lipinski definition) is 3. The van der Waals surface area contributed by atoms with Gasteiger partial charge in [0.1, 0.15) is 11.6 Å². The number of benzene rings is 2. The van der Waals surface area contributed by atoms with Gasteiger partial charge in [0.2, 0.25) is 11.8 Å². The van der Waals surface area contributed by atoms with Crippen LogP contribution >= 0.6 is 0 Å². The summed E-state index contributed by atoms with van der Waals surface area (Å²) < 4.78 is 0. The van der Waals surface area contributed by atoms with Crippen LogP contribution in [0.25, 0.3) is 0 Å². The van der Waals surface area contributed by atoms with Crippen molar-refractivity contribution >= 4 is 11.8 Å². The molecule has 0 saturated carbocycles. The van der Waals surface area contributed by atoms with Crippen molar-refractivity contribution in [3.63, 3.8) is 0 Å². The molecule has 5 heteroatoms. The van der Waals surface area contributed by atoms with E-state index in [1.54, 1.807) is 4.90 Å². The van der Waals surface area contributed by atoms with Gasteiger partial charge in [-0.1, -0.05) is 54.6 Å². The first-order valence-corrected chi connectivity index (χ1v) is 9.93. The van der Waals surface area contributed by atoms with Crippen LogP contribution in [0.15, 0.2) is 54.6 Å². The van der Waals surface area contributed by atoms with Crippen molar-refractivity contribution in [1.82, 2.24) is 9.80 Å². The summed E-state index contributed by atoms with van der Waals surface area (Å²) in [6, 6.07) is 18.0. The molecule has 0 aromatic heterocycles. The molecule has 2 aromatic carbocycles. The maximum atomic E-state index is 13.9. The van der Waals surface area contributed by atoms with Gasteiger partial charge in [-0.3, -0.25) is 14.5 Å². The number of nitrogens with two attached hydrogens (primary N) is 1. The number of carbonyl (C=O) groups is 2. The molecule has 2 amide bonds. The molecular weight excluding hydrogens is 350 g/mol. The van der Waals surface area contributed by atoms with Crippen molar-refractivity contribution in [2.45, 2.75) is 43.8 Å². The SMILES string of the molecule is CN(Cc1ccccc1)C1(C(=O)N2CCC[C@H]2C(N)=O)Cc2ccccc2C1. The second kappa shape index (κ2) is 7.40. The Kier molecular flexibility index (Phi) is 4.94. The molecule has 1 aliphatic heterocycles. The van der Waals surface area contributed by atoms with Gasteiger partial charge in [-0.05, 0) is 36.6 Å². The molecule has 2 aromatic rings. The molecule has 0 bridgehead atoms. The quantitative estimate of drug-likeness (QED) is 0.868. The first kappa shape index (κ1) is 18.7. The summed E-state index contributed by atoms with van der Waals surface area (Å²) in [5.74, 6) is -0.370. The molecule has 2 N–H and O–H groups in total. The molecular formula is C23H27N3O2. The van der Waals surface area contributed by atoms with Crippen LogP contribution < -0.4 is 5.73 Å². The van der Waals surface area contributed by atoms with Crippen LogP contribution in [0.3, 0.4) is 0 Å². The fourth-order valence-corrected chi connectivity index (χ4v) is 4.76. The van der Waals surface area contributed by atoms with Crippen LogP contribution in [0.4, 0.5) is 0 Å². The van der Waals surface area contributed by atoms with Crippen molar-refractivity contribution in [3.05, 3.63) is 71.3 Å². The van der Waals surface area contributed by atoms with Crippen LogP contribution in [0.5, 0.6) is 0 Å². The van der Waals surface area contributed by atoms with Crippen molar-refractivity contribution in [1.29, 1.82) is 0 Å². The zero-order valence-electron chi connectivity index (χ0n) is 16.3. The lowest BCUT2D eigenvalue weighted by molar-refractivity contribution is -0.147. The Hall–Kier alpha value is -2.66. The smallest absolute Gasteiger partial charge is 0.244 e. The highest BCUT2D eigenvalue weighted by Crippen LogP contribution is 2.38. The van der Waals surface area contributed by atoms with Gasteiger partial charge in [0, 0.05) is 25.9 Å². The summed E-state index contributed by atoms with van der Waals surface area (Å²) >= 11 is 0. The van der Waals surface area contributed by atoms with E-state index in [9.17, 15) is 9.59 Å². The number of rotatable bonds is 5. The van der Waals surface area contributed by atoms with Crippen LogP contribution in [0.1, 0.15) is 29.5 Å². The molecule has 1 saturated heterocycles. The highest BCUT2D eigenvalue weighted by Gasteiger charge is 2.51. The second-order valence-electron chi connectivity index (χ2n) is 8.05. The second-order valence-corrected chi connectivity index (χ2v) is 8.05. The largest absolute Gasteiger partial charge is 0.368 e. The Morgan fingerprint density at radius 2 is 1.68 bits per heavy atom. The lowest BCUT2D eigenvalue weighted by Crippen LogP contribution is -2.61. The van der Waals surface area contributed by atoms with E-state index in [0.717, 1.165) is 6.42 Å². The third-order valence-corrected chi connectivity index (χ3v) is 6.32. The first-order valence-electron chi connectivity index (χ1n) is 9.93. The number of carbonyl (C=O) groups excluding carboxylic acids is 2. The summed E-state index contributed by atoms with van der Waals surface area (Å²) in [6.45, 7) is 1.28. The summed E-state index contributed by atoms with van der Waals surface area (Å²) in [7, 11) is 2.02. The molecule has 4 rings (SSSR count). The normalized spacial score (nSPS) is 20.4.